The third-order valence-electron chi connectivity index (χ3n) is 7.94. The highest BCUT2D eigenvalue weighted by Gasteiger charge is 2.51. The van der Waals surface area contributed by atoms with Crippen molar-refractivity contribution in [2.24, 2.45) is 5.92 Å². The van der Waals surface area contributed by atoms with Gasteiger partial charge in [-0.1, -0.05) is 62.4 Å². The van der Waals surface area contributed by atoms with Gasteiger partial charge in [0.25, 0.3) is 11.8 Å². The van der Waals surface area contributed by atoms with Crippen molar-refractivity contribution in [3.05, 3.63) is 95.7 Å². The Bertz CT molecular complexity index is 1620. The summed E-state index contributed by atoms with van der Waals surface area (Å²) < 4.78 is 59.5. The molecule has 0 spiro atoms. The normalized spacial score (nSPS) is 16.3. The van der Waals surface area contributed by atoms with E-state index in [4.69, 9.17) is 14.2 Å². The fraction of sp³-hybridized carbons (Fsp3) is 0.343. The first kappa shape index (κ1) is 35.8. The topological polar surface area (TPSA) is 109 Å². The molecular formula is C35H38F3N3O7. The molecule has 0 aromatic heterocycles. The Hall–Kier alpha value is -5.04. The van der Waals surface area contributed by atoms with E-state index in [1.165, 1.54) is 44.6 Å². The molecule has 0 fully saturated rings. The van der Waals surface area contributed by atoms with Crippen molar-refractivity contribution in [3.8, 4) is 17.2 Å². The molecule has 3 amide bonds. The van der Waals surface area contributed by atoms with Gasteiger partial charge in [-0.15, -0.1) is 0 Å². The first-order valence-corrected chi connectivity index (χ1v) is 15.1. The maximum Gasteiger partial charge on any atom is 0.416 e. The molecule has 3 unspecified atom stereocenters. The summed E-state index contributed by atoms with van der Waals surface area (Å²) in [5, 5.41) is 12.3. The predicted octanol–water partition coefficient (Wildman–Crippen LogP) is 5.32. The van der Waals surface area contributed by atoms with Gasteiger partial charge in [0.05, 0.1) is 33.1 Å². The van der Waals surface area contributed by atoms with Gasteiger partial charge < -0.3 is 19.3 Å². The van der Waals surface area contributed by atoms with E-state index in [1.807, 2.05) is 0 Å². The fourth-order valence-corrected chi connectivity index (χ4v) is 5.73. The Morgan fingerprint density at radius 1 is 0.917 bits per heavy atom. The molecule has 3 atom stereocenters. The van der Waals surface area contributed by atoms with E-state index in [9.17, 15) is 32.7 Å². The smallest absolute Gasteiger partial charge is 0.416 e. The molecule has 0 saturated heterocycles. The number of amides is 3. The molecule has 48 heavy (non-hydrogen) atoms. The van der Waals surface area contributed by atoms with E-state index in [2.05, 4.69) is 0 Å². The second kappa shape index (κ2) is 14.8. The molecule has 1 N–H and O–H groups in total. The lowest BCUT2D eigenvalue weighted by Crippen LogP contribution is -2.65. The number of hydrogen-bond acceptors (Lipinski definition) is 7. The van der Waals surface area contributed by atoms with Gasteiger partial charge in [-0.2, -0.15) is 13.2 Å². The minimum absolute atomic E-state index is 0.136. The lowest BCUT2D eigenvalue weighted by molar-refractivity contribution is -0.232. The molecular weight excluding hydrogens is 631 g/mol. The lowest BCUT2D eigenvalue weighted by atomic mass is 9.95. The summed E-state index contributed by atoms with van der Waals surface area (Å²) >= 11 is 0. The number of hydrogen-bond donors (Lipinski definition) is 1. The summed E-state index contributed by atoms with van der Waals surface area (Å²) in [5.41, 5.74) is 0.615. The van der Waals surface area contributed by atoms with Gasteiger partial charge >= 0.3 is 6.18 Å². The van der Waals surface area contributed by atoms with E-state index in [-0.39, 0.29) is 34.1 Å². The highest BCUT2D eigenvalue weighted by Crippen LogP contribution is 2.43. The highest BCUT2D eigenvalue weighted by atomic mass is 19.4. The van der Waals surface area contributed by atoms with Crippen molar-refractivity contribution >= 4 is 23.4 Å². The van der Waals surface area contributed by atoms with Crippen molar-refractivity contribution in [3.63, 3.8) is 0 Å². The summed E-state index contributed by atoms with van der Waals surface area (Å²) in [6, 6.07) is 15.8. The van der Waals surface area contributed by atoms with E-state index in [0.29, 0.717) is 10.6 Å². The summed E-state index contributed by atoms with van der Waals surface area (Å²) in [6.45, 7) is 4.36. The number of rotatable bonds is 11. The third kappa shape index (κ3) is 7.25. The van der Waals surface area contributed by atoms with Crippen LogP contribution in [0.3, 0.4) is 0 Å². The first-order valence-electron chi connectivity index (χ1n) is 15.1. The average Bonchev–Trinajstić information content (AvgIpc) is 3.06. The minimum atomic E-state index is -5.17. The Labute approximate surface area is 276 Å². The number of aliphatic hydroxyl groups excluding tert-OH is 1. The van der Waals surface area contributed by atoms with Crippen LogP contribution in [0.2, 0.25) is 0 Å². The van der Waals surface area contributed by atoms with Gasteiger partial charge in [0.1, 0.15) is 6.04 Å². The second-order valence-corrected chi connectivity index (χ2v) is 11.5. The standard InChI is InChI=1S/C35H38F3N3O7/c1-21(2)30-34(45)41(40(22(3)42)26(32(43)35(36,37)38)17-23-13-9-7-10-14-23)27(20-39(30)33(44)24-15-11-8-12-16-24)25-18-28(46-4)31(48-6)29(19-25)47-5/h7-16,18-21,26,30,32,43H,17H2,1-6H3. The minimum Gasteiger partial charge on any atom is -0.493 e. The number of halogens is 3. The molecule has 10 nitrogen and oxygen atoms in total. The highest BCUT2D eigenvalue weighted by molar-refractivity contribution is 6.03. The maximum atomic E-state index is 14.8. The van der Waals surface area contributed by atoms with Crippen LogP contribution in [-0.2, 0) is 16.0 Å². The molecule has 4 rings (SSSR count). The quantitative estimate of drug-likeness (QED) is 0.295. The molecule has 3 aromatic carbocycles. The van der Waals surface area contributed by atoms with Crippen LogP contribution >= 0.6 is 0 Å². The van der Waals surface area contributed by atoms with Crippen LogP contribution in [0.4, 0.5) is 13.2 Å². The zero-order valence-corrected chi connectivity index (χ0v) is 27.4. The third-order valence-corrected chi connectivity index (χ3v) is 7.94. The van der Waals surface area contributed by atoms with E-state index >= 15 is 0 Å². The molecule has 0 aliphatic carbocycles. The number of nitrogens with zero attached hydrogens (tertiary/aromatic N) is 3. The second-order valence-electron chi connectivity index (χ2n) is 11.5. The van der Waals surface area contributed by atoms with Gasteiger partial charge in [0.2, 0.25) is 11.7 Å². The number of hydrazine groups is 1. The molecule has 0 radical (unpaired) electrons. The summed E-state index contributed by atoms with van der Waals surface area (Å²) in [5.74, 6) is -2.50. The average molecular weight is 670 g/mol. The molecule has 256 valence electrons. The summed E-state index contributed by atoms with van der Waals surface area (Å²) in [6.07, 6.45) is -7.38. The van der Waals surface area contributed by atoms with E-state index < -0.39 is 54.4 Å². The van der Waals surface area contributed by atoms with Gasteiger partial charge in [0.15, 0.2) is 17.6 Å². The SMILES string of the molecule is COc1cc(C2=CN(C(=O)c3ccccc3)C(C(C)C)C(=O)N2N(C(C)=O)C(Cc2ccccc2)C(O)C(F)(F)F)cc(OC)c1OC. The fourth-order valence-electron chi connectivity index (χ4n) is 5.73. The Morgan fingerprint density at radius 3 is 1.92 bits per heavy atom. The van der Waals surface area contributed by atoms with Crippen LogP contribution in [0.15, 0.2) is 79.0 Å². The number of ether oxygens (including phenoxy) is 3. The lowest BCUT2D eigenvalue weighted by Gasteiger charge is -2.48. The van der Waals surface area contributed by atoms with Crippen LogP contribution in [0.1, 0.15) is 42.3 Å². The van der Waals surface area contributed by atoms with Crippen LogP contribution in [0, 0.1) is 5.92 Å². The molecule has 3 aromatic rings. The number of aliphatic hydroxyl groups is 1. The summed E-state index contributed by atoms with van der Waals surface area (Å²) in [7, 11) is 4.10. The molecule has 0 saturated carbocycles. The largest absolute Gasteiger partial charge is 0.493 e. The van der Waals surface area contributed by atoms with Gasteiger partial charge in [-0.3, -0.25) is 19.3 Å². The molecule has 1 aliphatic heterocycles. The first-order chi connectivity index (χ1) is 22.7. The van der Waals surface area contributed by atoms with Crippen molar-refractivity contribution < 1.29 is 46.9 Å². The molecule has 1 heterocycles. The molecule has 13 heteroatoms. The molecule has 1 aliphatic rings. The monoisotopic (exact) mass is 669 g/mol. The van der Waals surface area contributed by atoms with Gasteiger partial charge in [-0.25, -0.2) is 10.0 Å². The Morgan fingerprint density at radius 2 is 1.46 bits per heavy atom. The predicted molar refractivity (Wildman–Crippen MR) is 171 cm³/mol. The Kier molecular flexibility index (Phi) is 11.0. The zero-order chi connectivity index (χ0) is 35.3. The molecule has 0 bridgehead atoms. The van der Waals surface area contributed by atoms with Crippen LogP contribution in [0.5, 0.6) is 17.2 Å². The number of alkyl halides is 3. The van der Waals surface area contributed by atoms with Crippen molar-refractivity contribution in [2.75, 3.05) is 21.3 Å². The van der Waals surface area contributed by atoms with Crippen molar-refractivity contribution in [1.82, 2.24) is 14.9 Å². The van der Waals surface area contributed by atoms with Crippen molar-refractivity contribution in [2.45, 2.75) is 51.6 Å². The van der Waals surface area contributed by atoms with E-state index in [0.717, 1.165) is 11.9 Å². The number of carbonyl (C=O) groups excluding carboxylic acids is 3. The van der Waals surface area contributed by atoms with Crippen LogP contribution in [0.25, 0.3) is 5.70 Å². The Balaban J connectivity index is 2.05. The number of methoxy groups -OCH3 is 3. The van der Waals surface area contributed by atoms with Gasteiger partial charge in [0, 0.05) is 24.3 Å². The van der Waals surface area contributed by atoms with Crippen molar-refractivity contribution in [1.29, 1.82) is 0 Å². The van der Waals surface area contributed by atoms with Crippen LogP contribution in [-0.4, -0.2) is 83.4 Å². The zero-order valence-electron chi connectivity index (χ0n) is 27.4. The van der Waals surface area contributed by atoms with Crippen LogP contribution < -0.4 is 14.2 Å². The number of benzene rings is 3. The van der Waals surface area contributed by atoms with E-state index in [1.54, 1.807) is 74.5 Å². The van der Waals surface area contributed by atoms with Gasteiger partial charge in [-0.05, 0) is 42.2 Å². The number of carbonyl (C=O) groups is 3. The maximum absolute atomic E-state index is 14.8. The summed E-state index contributed by atoms with van der Waals surface area (Å²) in [4.78, 5) is 43.5.